The predicted molar refractivity (Wildman–Crippen MR) is 53.8 cm³/mol. The number of thiazole rings is 1. The lowest BCUT2D eigenvalue weighted by molar-refractivity contribution is 0.269. The van der Waals surface area contributed by atoms with Crippen LogP contribution in [-0.2, 0) is 6.42 Å². The van der Waals surface area contributed by atoms with Crippen LogP contribution >= 0.6 is 11.3 Å². The Bertz CT molecular complexity index is 298. The number of carbonyl (C=O) groups excluding carboxylic acids is 1. The van der Waals surface area contributed by atoms with Gasteiger partial charge in [0, 0.05) is 4.88 Å². The predicted octanol–water partition coefficient (Wildman–Crippen LogP) is 1.18. The summed E-state index contributed by atoms with van der Waals surface area (Å²) >= 11 is 1.54. The van der Waals surface area contributed by atoms with E-state index in [0.29, 0.717) is 5.13 Å². The van der Waals surface area contributed by atoms with Crippen LogP contribution in [0, 0.1) is 6.92 Å². The third-order valence-corrected chi connectivity index (χ3v) is 2.71. The van der Waals surface area contributed by atoms with Gasteiger partial charge in [-0.3, -0.25) is 4.79 Å². The summed E-state index contributed by atoms with van der Waals surface area (Å²) in [5.74, 6) is -0.0635. The number of hydrogen-bond acceptors (Lipinski definition) is 3. The molecule has 0 aromatic carbocycles. The lowest BCUT2D eigenvalue weighted by Gasteiger charge is -1.92. The first kappa shape index (κ1) is 9.25. The highest BCUT2D eigenvalue weighted by atomic mass is 32.1. The topological polar surface area (TPSA) is 42.0 Å². The van der Waals surface area contributed by atoms with Crippen molar-refractivity contribution in [3.63, 3.8) is 0 Å². The van der Waals surface area contributed by atoms with Crippen LogP contribution in [0.15, 0.2) is 0 Å². The Kier molecular flexibility index (Phi) is 2.86. The van der Waals surface area contributed by atoms with Gasteiger partial charge in [0.1, 0.15) is 0 Å². The largest absolute Gasteiger partial charge is 0.311 e. The molecule has 1 heterocycles. The fourth-order valence-corrected chi connectivity index (χ4v) is 1.91. The molecule has 0 aliphatic heterocycles. The Morgan fingerprint density at radius 2 is 2.42 bits per heavy atom. The Balaban J connectivity index is 2.82. The summed E-state index contributed by atoms with van der Waals surface area (Å²) in [6.07, 6.45) is 0.975. The van der Waals surface area contributed by atoms with Gasteiger partial charge in [-0.1, -0.05) is 6.92 Å². The Labute approximate surface area is 76.6 Å². The van der Waals surface area contributed by atoms with Crippen LogP contribution in [0.1, 0.15) is 17.5 Å². The average molecular weight is 182 g/mol. The summed E-state index contributed by atoms with van der Waals surface area (Å²) in [6, 6.07) is 0. The fourth-order valence-electron chi connectivity index (χ4n) is 0.960. The number of hydrogen-bond donors (Lipinski definition) is 1. The number of aryl methyl sites for hydroxylation is 2. The maximum absolute atomic E-state index is 10.7. The second-order valence-corrected chi connectivity index (χ2v) is 3.65. The quantitative estimate of drug-likeness (QED) is 0.697. The summed E-state index contributed by atoms with van der Waals surface area (Å²) in [5, 5.41) is 3.37. The van der Waals surface area contributed by atoms with Crippen LogP contribution in [0.3, 0.4) is 0 Å². The van der Waals surface area contributed by atoms with E-state index in [-0.39, 0.29) is 5.81 Å². The van der Waals surface area contributed by atoms with E-state index in [1.54, 1.807) is 11.3 Å². The number of nitrogens with one attached hydrogen (secondary N) is 1. The lowest BCUT2D eigenvalue weighted by atomic mass is 10.1. The SMILES string of the molecule is BC(=O)Nc1nc(C)c(CC)s1. The van der Waals surface area contributed by atoms with E-state index in [9.17, 15) is 4.79 Å². The van der Waals surface area contributed by atoms with Crippen LogP contribution in [-0.4, -0.2) is 18.6 Å². The molecule has 0 radical (unpaired) electrons. The monoisotopic (exact) mass is 182 g/mol. The van der Waals surface area contributed by atoms with Crippen molar-refractivity contribution in [1.29, 1.82) is 0 Å². The van der Waals surface area contributed by atoms with Gasteiger partial charge >= 0.3 is 0 Å². The molecule has 1 aromatic heterocycles. The molecule has 1 aromatic rings. The number of amides is 1. The molecular weight excluding hydrogens is 171 g/mol. The van der Waals surface area contributed by atoms with E-state index < -0.39 is 0 Å². The van der Waals surface area contributed by atoms with Crippen molar-refractivity contribution in [1.82, 2.24) is 4.98 Å². The fraction of sp³-hybridized carbons (Fsp3) is 0.429. The van der Waals surface area contributed by atoms with E-state index in [1.165, 1.54) is 12.7 Å². The van der Waals surface area contributed by atoms with E-state index in [0.717, 1.165) is 12.1 Å². The van der Waals surface area contributed by atoms with Gasteiger partial charge in [0.2, 0.25) is 7.85 Å². The first-order valence-corrected chi connectivity index (χ1v) is 4.69. The van der Waals surface area contributed by atoms with Gasteiger partial charge < -0.3 is 5.32 Å². The van der Waals surface area contributed by atoms with Crippen LogP contribution in [0.25, 0.3) is 0 Å². The number of carbonyl (C=O) groups is 1. The van der Waals surface area contributed by atoms with Crippen LogP contribution in [0.4, 0.5) is 9.93 Å². The summed E-state index contributed by atoms with van der Waals surface area (Å²) in [6.45, 7) is 4.04. The molecule has 1 amide bonds. The molecule has 3 nitrogen and oxygen atoms in total. The van der Waals surface area contributed by atoms with Crippen molar-refractivity contribution in [3.05, 3.63) is 10.6 Å². The van der Waals surface area contributed by atoms with Crippen molar-refractivity contribution < 1.29 is 4.79 Å². The number of nitrogens with zero attached hydrogens (tertiary/aromatic N) is 1. The normalized spacial score (nSPS) is 9.83. The first-order chi connectivity index (χ1) is 5.63. The van der Waals surface area contributed by atoms with E-state index in [1.807, 2.05) is 6.92 Å². The third-order valence-electron chi connectivity index (χ3n) is 1.50. The molecule has 0 spiro atoms. The van der Waals surface area contributed by atoms with Crippen LogP contribution < -0.4 is 5.32 Å². The molecule has 5 heteroatoms. The smallest absolute Gasteiger partial charge is 0.216 e. The van der Waals surface area contributed by atoms with Gasteiger partial charge in [0.05, 0.1) is 5.69 Å². The van der Waals surface area contributed by atoms with Crippen molar-refractivity contribution in [2.24, 2.45) is 0 Å². The minimum absolute atomic E-state index is 0.0635. The molecule has 0 aliphatic rings. The van der Waals surface area contributed by atoms with Crippen molar-refractivity contribution in [2.75, 3.05) is 5.32 Å². The molecule has 64 valence electrons. The standard InChI is InChI=1S/C7H11BN2OS/c1-3-5-4(2)9-7(12-5)10-6(8)11/h3,8H2,1-2H3,(H,9,10,11). The second-order valence-electron chi connectivity index (χ2n) is 2.56. The van der Waals surface area contributed by atoms with Gasteiger partial charge in [-0.05, 0) is 13.3 Å². The van der Waals surface area contributed by atoms with Gasteiger partial charge in [-0.15, -0.1) is 11.3 Å². The third kappa shape index (κ3) is 2.07. The first-order valence-electron chi connectivity index (χ1n) is 3.87. The highest BCUT2D eigenvalue weighted by Gasteiger charge is 2.05. The molecule has 0 bridgehead atoms. The van der Waals surface area contributed by atoms with E-state index in [2.05, 4.69) is 17.2 Å². The van der Waals surface area contributed by atoms with Gasteiger partial charge in [0.15, 0.2) is 10.9 Å². The number of aromatic nitrogens is 1. The molecule has 0 saturated carbocycles. The molecule has 12 heavy (non-hydrogen) atoms. The average Bonchev–Trinajstić information content (AvgIpc) is 2.29. The van der Waals surface area contributed by atoms with Crippen molar-refractivity contribution >= 4 is 30.1 Å². The Hall–Kier alpha value is -0.835. The zero-order chi connectivity index (χ0) is 9.14. The van der Waals surface area contributed by atoms with Gasteiger partial charge in [-0.25, -0.2) is 4.98 Å². The lowest BCUT2D eigenvalue weighted by Crippen LogP contribution is -2.07. The zero-order valence-electron chi connectivity index (χ0n) is 7.47. The van der Waals surface area contributed by atoms with Crippen LogP contribution in [0.2, 0.25) is 0 Å². The molecule has 0 saturated heterocycles. The second kappa shape index (κ2) is 3.71. The highest BCUT2D eigenvalue weighted by molar-refractivity contribution is 7.16. The van der Waals surface area contributed by atoms with Crippen LogP contribution in [0.5, 0.6) is 0 Å². The Morgan fingerprint density at radius 1 is 1.75 bits per heavy atom. The van der Waals surface area contributed by atoms with Crippen molar-refractivity contribution in [2.45, 2.75) is 20.3 Å². The minimum Gasteiger partial charge on any atom is -0.311 e. The number of anilines is 1. The molecule has 1 N–H and O–H groups in total. The molecule has 0 atom stereocenters. The Morgan fingerprint density at radius 3 is 2.83 bits per heavy atom. The van der Waals surface area contributed by atoms with E-state index in [4.69, 9.17) is 0 Å². The van der Waals surface area contributed by atoms with Crippen molar-refractivity contribution in [3.8, 4) is 0 Å². The molecule has 0 unspecified atom stereocenters. The van der Waals surface area contributed by atoms with Gasteiger partial charge in [0.25, 0.3) is 0 Å². The maximum Gasteiger partial charge on any atom is 0.216 e. The summed E-state index contributed by atoms with van der Waals surface area (Å²) < 4.78 is 0. The maximum atomic E-state index is 10.7. The summed E-state index contributed by atoms with van der Waals surface area (Å²) in [7, 11) is 1.49. The highest BCUT2D eigenvalue weighted by Crippen LogP contribution is 2.22. The van der Waals surface area contributed by atoms with Gasteiger partial charge in [-0.2, -0.15) is 0 Å². The summed E-state index contributed by atoms with van der Waals surface area (Å²) in [4.78, 5) is 16.1. The number of rotatable bonds is 2. The molecule has 0 aliphatic carbocycles. The molecule has 0 fully saturated rings. The molecular formula is C7H11BN2OS. The minimum atomic E-state index is -0.0635. The summed E-state index contributed by atoms with van der Waals surface area (Å²) in [5.41, 5.74) is 1.02. The van der Waals surface area contributed by atoms with E-state index >= 15 is 0 Å². The zero-order valence-corrected chi connectivity index (χ0v) is 8.29. The molecule has 1 rings (SSSR count).